The fourth-order valence-corrected chi connectivity index (χ4v) is 7.60. The Morgan fingerprint density at radius 1 is 0.930 bits per heavy atom. The molecule has 7 rings (SSSR count). The first kappa shape index (κ1) is 32.8. The zero-order valence-corrected chi connectivity index (χ0v) is 28.8. The van der Waals surface area contributed by atoms with Crippen molar-refractivity contribution < 1.29 is 9.53 Å². The molecule has 2 fully saturated rings. The highest BCUT2D eigenvalue weighted by Gasteiger charge is 2.32. The lowest BCUT2D eigenvalue weighted by Crippen LogP contribution is -2.31. The summed E-state index contributed by atoms with van der Waals surface area (Å²) in [5.74, 6) is 1.69. The minimum absolute atomic E-state index is 0.0803. The van der Waals surface area contributed by atoms with E-state index in [1.807, 2.05) is 58.6 Å². The molecule has 0 unspecified atom stereocenters. The molecule has 5 aromatic rings. The molecule has 5 heterocycles. The van der Waals surface area contributed by atoms with Crippen molar-refractivity contribution in [3.8, 4) is 27.7 Å². The van der Waals surface area contributed by atoms with E-state index >= 15 is 0 Å². The molecule has 1 aliphatic heterocycles. The monoisotopic (exact) mass is 620 g/mol. The summed E-state index contributed by atoms with van der Waals surface area (Å²) >= 11 is 3.60. The number of hydrogen-bond donors (Lipinski definition) is 0. The number of thiophene rings is 2. The number of carbonyl (C=O) groups is 1. The molecule has 232 valence electrons. The minimum Gasteiger partial charge on any atom is -0.494 e. The van der Waals surface area contributed by atoms with Crippen molar-refractivity contribution in [3.63, 3.8) is 0 Å². The van der Waals surface area contributed by atoms with E-state index in [9.17, 15) is 4.79 Å². The second-order valence-corrected chi connectivity index (χ2v) is 12.1. The Kier molecular flexibility index (Phi) is 11.5. The highest BCUT2D eigenvalue weighted by atomic mass is 32.1. The maximum atomic E-state index is 13.4. The molecule has 43 heavy (non-hydrogen) atoms. The molecule has 1 aromatic carbocycles. The van der Waals surface area contributed by atoms with E-state index in [1.165, 1.54) is 46.3 Å². The Labute approximate surface area is 265 Å². The topological polar surface area (TPSA) is 52.3 Å². The SMILES string of the molecule is CC.CC.CC.COc1cc(C(=O)N2CCCCCC2)cc2nc(-c3cc4scc(-c5cccs5)c4n3C3CC3)n(C)c12. The summed E-state index contributed by atoms with van der Waals surface area (Å²) in [4.78, 5) is 21.9. The van der Waals surface area contributed by atoms with Crippen molar-refractivity contribution in [2.24, 2.45) is 7.05 Å². The molecule has 0 radical (unpaired) electrons. The van der Waals surface area contributed by atoms with Gasteiger partial charge in [-0.1, -0.05) is 60.5 Å². The Morgan fingerprint density at radius 3 is 2.23 bits per heavy atom. The number of aryl methyl sites for hydroxylation is 1. The molecule has 0 N–H and O–H groups in total. The van der Waals surface area contributed by atoms with Crippen molar-refractivity contribution in [1.82, 2.24) is 19.0 Å². The second-order valence-electron chi connectivity index (χ2n) is 10.2. The van der Waals surface area contributed by atoms with Crippen LogP contribution < -0.4 is 4.74 Å². The maximum Gasteiger partial charge on any atom is 0.254 e. The predicted molar refractivity (Wildman–Crippen MR) is 186 cm³/mol. The molecule has 4 aromatic heterocycles. The van der Waals surface area contributed by atoms with Gasteiger partial charge in [0.1, 0.15) is 11.3 Å². The molecule has 1 amide bonds. The largest absolute Gasteiger partial charge is 0.494 e. The number of benzene rings is 1. The molecule has 0 atom stereocenters. The summed E-state index contributed by atoms with van der Waals surface area (Å²) in [5.41, 5.74) is 6.17. The van der Waals surface area contributed by atoms with Gasteiger partial charge in [0.05, 0.1) is 28.5 Å². The molecule has 6 nitrogen and oxygen atoms in total. The first-order valence-electron chi connectivity index (χ1n) is 16.1. The molecule has 8 heteroatoms. The lowest BCUT2D eigenvalue weighted by atomic mass is 10.1. The van der Waals surface area contributed by atoms with Gasteiger partial charge in [0.25, 0.3) is 5.91 Å². The first-order valence-corrected chi connectivity index (χ1v) is 17.9. The summed E-state index contributed by atoms with van der Waals surface area (Å²) in [6, 6.07) is 11.0. The Balaban J connectivity index is 0.000000666. The number of fused-ring (bicyclic) bond motifs is 2. The van der Waals surface area contributed by atoms with Crippen LogP contribution in [0.5, 0.6) is 5.75 Å². The van der Waals surface area contributed by atoms with Crippen LogP contribution in [0, 0.1) is 0 Å². The molecular weight excluding hydrogens is 573 g/mol. The van der Waals surface area contributed by atoms with Gasteiger partial charge in [-0.2, -0.15) is 0 Å². The van der Waals surface area contributed by atoms with Crippen molar-refractivity contribution in [3.05, 3.63) is 46.7 Å². The van der Waals surface area contributed by atoms with Crippen molar-refractivity contribution in [2.45, 2.75) is 86.1 Å². The van der Waals surface area contributed by atoms with Gasteiger partial charge in [-0.3, -0.25) is 4.79 Å². The van der Waals surface area contributed by atoms with Gasteiger partial charge >= 0.3 is 0 Å². The summed E-state index contributed by atoms with van der Waals surface area (Å²) in [6.07, 6.45) is 6.92. The summed E-state index contributed by atoms with van der Waals surface area (Å²) in [5, 5.41) is 4.43. The number of methoxy groups -OCH3 is 1. The van der Waals surface area contributed by atoms with E-state index in [0.29, 0.717) is 17.4 Å². The summed E-state index contributed by atoms with van der Waals surface area (Å²) in [6.45, 7) is 13.6. The van der Waals surface area contributed by atoms with Crippen LogP contribution in [0.1, 0.15) is 96.5 Å². The second kappa shape index (κ2) is 15.1. The van der Waals surface area contributed by atoms with Crippen LogP contribution in [-0.4, -0.2) is 45.1 Å². The molecule has 1 saturated carbocycles. The fraction of sp³-hybridized carbons (Fsp3) is 0.486. The summed E-state index contributed by atoms with van der Waals surface area (Å²) in [7, 11) is 3.74. The van der Waals surface area contributed by atoms with Gasteiger partial charge in [-0.05, 0) is 55.3 Å². The fourth-order valence-electron chi connectivity index (χ4n) is 5.80. The van der Waals surface area contributed by atoms with E-state index < -0.39 is 0 Å². The number of amides is 1. The number of carbonyl (C=O) groups excluding carboxylic acids is 1. The van der Waals surface area contributed by atoms with Crippen molar-refractivity contribution >= 4 is 49.8 Å². The third-order valence-electron chi connectivity index (χ3n) is 7.78. The average molecular weight is 621 g/mol. The third-order valence-corrected chi connectivity index (χ3v) is 9.60. The number of ether oxygens (including phenoxy) is 1. The van der Waals surface area contributed by atoms with Crippen LogP contribution in [0.2, 0.25) is 0 Å². The first-order chi connectivity index (χ1) is 21.1. The predicted octanol–water partition coefficient (Wildman–Crippen LogP) is 10.4. The van der Waals surface area contributed by atoms with Crippen LogP contribution >= 0.6 is 22.7 Å². The molecule has 2 aliphatic rings. The number of rotatable bonds is 5. The molecular formula is C35H48N4O2S2. The maximum absolute atomic E-state index is 13.4. The van der Waals surface area contributed by atoms with E-state index in [1.54, 1.807) is 29.8 Å². The van der Waals surface area contributed by atoms with E-state index in [-0.39, 0.29) is 5.91 Å². The van der Waals surface area contributed by atoms with Crippen molar-refractivity contribution in [1.29, 1.82) is 0 Å². The van der Waals surface area contributed by atoms with Gasteiger partial charge in [0, 0.05) is 47.6 Å². The molecule has 1 saturated heterocycles. The van der Waals surface area contributed by atoms with Crippen LogP contribution in [0.15, 0.2) is 41.1 Å². The van der Waals surface area contributed by atoms with Gasteiger partial charge in [0.2, 0.25) is 0 Å². The molecule has 0 bridgehead atoms. The standard InChI is InChI=1S/C29H30N4O2S2.3C2H6/c1-31-27-21(14-18(15-23(27)35-2)29(34)32-11-5-3-4-6-12-32)30-28(31)22-16-25-26(33(22)19-9-10-19)20(17-37-25)24-8-7-13-36-24;3*1-2/h7-8,13-17,19H,3-6,9-12H2,1-2H3;3*1-2H3. The quantitative estimate of drug-likeness (QED) is 0.196. The third kappa shape index (κ3) is 6.41. The van der Waals surface area contributed by atoms with Crippen LogP contribution in [0.4, 0.5) is 0 Å². The highest BCUT2D eigenvalue weighted by molar-refractivity contribution is 7.19. The van der Waals surface area contributed by atoms with Crippen LogP contribution in [0.3, 0.4) is 0 Å². The number of likely N-dealkylation sites (tertiary alicyclic amines) is 1. The average Bonchev–Trinajstić information content (AvgIpc) is 3.33. The van der Waals surface area contributed by atoms with Crippen LogP contribution in [0.25, 0.3) is 43.2 Å². The Bertz CT molecular complexity index is 1610. The smallest absolute Gasteiger partial charge is 0.254 e. The van der Waals surface area contributed by atoms with Gasteiger partial charge < -0.3 is 18.8 Å². The Hall–Kier alpha value is -3.10. The zero-order valence-electron chi connectivity index (χ0n) is 27.2. The highest BCUT2D eigenvalue weighted by Crippen LogP contribution is 2.48. The van der Waals surface area contributed by atoms with Crippen LogP contribution in [-0.2, 0) is 7.05 Å². The van der Waals surface area contributed by atoms with Gasteiger partial charge in [0.15, 0.2) is 5.82 Å². The van der Waals surface area contributed by atoms with Gasteiger partial charge in [-0.25, -0.2) is 4.98 Å². The van der Waals surface area contributed by atoms with E-state index in [0.717, 1.165) is 48.5 Å². The number of nitrogens with zero attached hydrogens (tertiary/aromatic N) is 4. The molecule has 1 aliphatic carbocycles. The van der Waals surface area contributed by atoms with E-state index in [4.69, 9.17) is 9.72 Å². The minimum atomic E-state index is 0.0803. The van der Waals surface area contributed by atoms with E-state index in [2.05, 4.69) is 45.1 Å². The summed E-state index contributed by atoms with van der Waals surface area (Å²) < 4.78 is 11.8. The lowest BCUT2D eigenvalue weighted by molar-refractivity contribution is 0.0761. The van der Waals surface area contributed by atoms with Crippen molar-refractivity contribution in [2.75, 3.05) is 20.2 Å². The Morgan fingerprint density at radius 2 is 1.63 bits per heavy atom. The number of imidazole rings is 1. The van der Waals surface area contributed by atoms with Gasteiger partial charge in [-0.15, -0.1) is 22.7 Å². The number of hydrogen-bond acceptors (Lipinski definition) is 5. The molecule has 0 spiro atoms. The lowest BCUT2D eigenvalue weighted by Gasteiger charge is -2.20. The zero-order chi connectivity index (χ0) is 31.1. The number of aromatic nitrogens is 3. The normalized spacial score (nSPS) is 14.7.